The molecular formula is C22H25N2O4P. The van der Waals surface area contributed by atoms with Crippen molar-refractivity contribution >= 4 is 13.7 Å². The summed E-state index contributed by atoms with van der Waals surface area (Å²) >= 11 is 0. The Labute approximate surface area is 171 Å². The van der Waals surface area contributed by atoms with Crippen LogP contribution in [0.15, 0.2) is 72.7 Å². The van der Waals surface area contributed by atoms with Crippen LogP contribution < -0.4 is 4.74 Å². The van der Waals surface area contributed by atoms with Crippen molar-refractivity contribution < 1.29 is 18.3 Å². The number of rotatable bonds is 10. The van der Waals surface area contributed by atoms with E-state index in [4.69, 9.17) is 13.8 Å². The molecule has 0 bridgehead atoms. The van der Waals surface area contributed by atoms with E-state index in [1.54, 1.807) is 24.6 Å². The molecule has 6 nitrogen and oxygen atoms in total. The third-order valence-corrected chi connectivity index (χ3v) is 5.75. The van der Waals surface area contributed by atoms with Gasteiger partial charge in [-0.15, -0.1) is 5.10 Å². The van der Waals surface area contributed by atoms with E-state index in [0.717, 1.165) is 11.3 Å². The maximum Gasteiger partial charge on any atom is 0.354 e. The molecule has 152 valence electrons. The van der Waals surface area contributed by atoms with Crippen LogP contribution >= 0.6 is 7.60 Å². The number of hydrogen-bond donors (Lipinski definition) is 0. The Balaban J connectivity index is 1.89. The van der Waals surface area contributed by atoms with Crippen molar-refractivity contribution in [1.29, 1.82) is 0 Å². The Bertz CT molecular complexity index is 961. The smallest absolute Gasteiger partial charge is 0.354 e. The zero-order valence-corrected chi connectivity index (χ0v) is 17.5. The van der Waals surface area contributed by atoms with E-state index in [1.807, 2.05) is 66.9 Å². The summed E-state index contributed by atoms with van der Waals surface area (Å²) in [7, 11) is -3.32. The van der Waals surface area contributed by atoms with Crippen LogP contribution in [0.25, 0.3) is 11.8 Å². The van der Waals surface area contributed by atoms with E-state index in [2.05, 4.69) is 5.10 Å². The van der Waals surface area contributed by atoms with Crippen molar-refractivity contribution in [3.63, 3.8) is 0 Å². The lowest BCUT2D eigenvalue weighted by molar-refractivity contribution is 0.229. The van der Waals surface area contributed by atoms with Crippen LogP contribution in [0, 0.1) is 0 Å². The van der Waals surface area contributed by atoms with Gasteiger partial charge in [-0.05, 0) is 37.6 Å². The minimum absolute atomic E-state index is 0.294. The topological polar surface area (TPSA) is 62.6 Å². The van der Waals surface area contributed by atoms with Crippen molar-refractivity contribution in [2.24, 2.45) is 0 Å². The van der Waals surface area contributed by atoms with Crippen LogP contribution in [0.5, 0.6) is 5.88 Å². The van der Waals surface area contributed by atoms with Crippen LogP contribution in [0.4, 0.5) is 0 Å². The zero-order valence-electron chi connectivity index (χ0n) is 16.6. The third kappa shape index (κ3) is 5.91. The summed E-state index contributed by atoms with van der Waals surface area (Å²) in [6, 6.07) is 19.6. The number of hydrogen-bond acceptors (Lipinski definition) is 5. The van der Waals surface area contributed by atoms with E-state index < -0.39 is 7.60 Å². The molecule has 0 aliphatic heterocycles. The Morgan fingerprint density at radius 2 is 1.59 bits per heavy atom. The number of para-hydroxylation sites is 1. The minimum Gasteiger partial charge on any atom is -0.471 e. The maximum absolute atomic E-state index is 12.8. The molecule has 0 aliphatic carbocycles. The molecule has 7 heteroatoms. The first-order valence-corrected chi connectivity index (χ1v) is 11.1. The largest absolute Gasteiger partial charge is 0.471 e. The van der Waals surface area contributed by atoms with Gasteiger partial charge < -0.3 is 13.8 Å². The average Bonchev–Trinajstić information content (AvgIpc) is 3.16. The van der Waals surface area contributed by atoms with Gasteiger partial charge in [0.2, 0.25) is 5.88 Å². The van der Waals surface area contributed by atoms with Crippen molar-refractivity contribution in [3.8, 4) is 11.6 Å². The summed E-state index contributed by atoms with van der Waals surface area (Å²) in [6.07, 6.45) is 3.51. The van der Waals surface area contributed by atoms with Gasteiger partial charge in [0.15, 0.2) is 0 Å². The lowest BCUT2D eigenvalue weighted by Crippen LogP contribution is -1.98. The number of aromatic nitrogens is 2. The number of nitrogens with zero attached hydrogens (tertiary/aromatic N) is 2. The van der Waals surface area contributed by atoms with Gasteiger partial charge in [0.25, 0.3) is 0 Å². The van der Waals surface area contributed by atoms with Gasteiger partial charge in [-0.2, -0.15) is 0 Å². The Morgan fingerprint density at radius 1 is 0.966 bits per heavy atom. The number of ether oxygens (including phenoxy) is 1. The Morgan fingerprint density at radius 3 is 2.21 bits per heavy atom. The highest BCUT2D eigenvalue weighted by molar-refractivity contribution is 7.57. The molecule has 29 heavy (non-hydrogen) atoms. The van der Waals surface area contributed by atoms with Crippen LogP contribution in [-0.2, 0) is 20.2 Å². The summed E-state index contributed by atoms with van der Waals surface area (Å²) < 4.78 is 31.1. The third-order valence-electron chi connectivity index (χ3n) is 4.00. The van der Waals surface area contributed by atoms with Crippen molar-refractivity contribution in [2.75, 3.05) is 13.2 Å². The van der Waals surface area contributed by atoms with Crippen LogP contribution in [0.2, 0.25) is 0 Å². The lowest BCUT2D eigenvalue weighted by Gasteiger charge is -2.12. The van der Waals surface area contributed by atoms with E-state index in [-0.39, 0.29) is 0 Å². The lowest BCUT2D eigenvalue weighted by atomic mass is 10.2. The molecule has 0 N–H and O–H groups in total. The molecule has 0 unspecified atom stereocenters. The van der Waals surface area contributed by atoms with Gasteiger partial charge in [0, 0.05) is 12.0 Å². The molecular weight excluding hydrogens is 387 g/mol. The summed E-state index contributed by atoms with van der Waals surface area (Å²) in [5.41, 5.74) is 2.62. The van der Waals surface area contributed by atoms with E-state index in [9.17, 15) is 4.57 Å². The first-order valence-electron chi connectivity index (χ1n) is 9.53. The van der Waals surface area contributed by atoms with Gasteiger partial charge in [0.05, 0.1) is 24.5 Å². The molecule has 0 atom stereocenters. The molecule has 0 saturated carbocycles. The summed E-state index contributed by atoms with van der Waals surface area (Å²) in [5, 5.41) is 4.56. The zero-order chi connectivity index (χ0) is 20.5. The van der Waals surface area contributed by atoms with Crippen LogP contribution in [0.1, 0.15) is 25.0 Å². The van der Waals surface area contributed by atoms with Gasteiger partial charge in [0.1, 0.15) is 6.61 Å². The average molecular weight is 412 g/mol. The first kappa shape index (κ1) is 21.1. The molecule has 1 aromatic heterocycles. The molecule has 3 aromatic rings. The fourth-order valence-corrected chi connectivity index (χ4v) is 4.00. The molecule has 0 aliphatic rings. The van der Waals surface area contributed by atoms with Gasteiger partial charge in [-0.1, -0.05) is 48.5 Å². The van der Waals surface area contributed by atoms with Crippen molar-refractivity contribution in [1.82, 2.24) is 9.78 Å². The fourth-order valence-electron chi connectivity index (χ4n) is 2.69. The summed E-state index contributed by atoms with van der Waals surface area (Å²) in [5.74, 6) is 1.90. The highest BCUT2D eigenvalue weighted by atomic mass is 31.2. The maximum atomic E-state index is 12.8. The van der Waals surface area contributed by atoms with Crippen molar-refractivity contribution in [2.45, 2.75) is 20.5 Å². The molecule has 0 radical (unpaired) electrons. The molecule has 1 heterocycles. The first-order chi connectivity index (χ1) is 14.1. The second-order valence-corrected chi connectivity index (χ2v) is 8.03. The van der Waals surface area contributed by atoms with Crippen LogP contribution in [-0.4, -0.2) is 23.0 Å². The second kappa shape index (κ2) is 10.2. The fraction of sp³-hybridized carbons (Fsp3) is 0.227. The van der Waals surface area contributed by atoms with E-state index >= 15 is 0 Å². The summed E-state index contributed by atoms with van der Waals surface area (Å²) in [6.45, 7) is 4.52. The predicted octanol–water partition coefficient (Wildman–Crippen LogP) is 5.69. The Hall–Kier alpha value is -2.66. The molecule has 0 saturated heterocycles. The standard InChI is InChI=1S/C22H25N2O4P/c1-3-27-29(25,28-4-2)16-15-20-17-24(21-13-9-6-10-14-21)23-22(20)26-18-19-11-7-5-8-12-19/h5-17H,3-4,18H2,1-2H3/b16-15+. The molecule has 0 amide bonds. The predicted molar refractivity (Wildman–Crippen MR) is 114 cm³/mol. The Kier molecular flexibility index (Phi) is 7.42. The minimum atomic E-state index is -3.32. The van der Waals surface area contributed by atoms with Crippen LogP contribution in [0.3, 0.4) is 0 Å². The molecule has 0 fully saturated rings. The summed E-state index contributed by atoms with van der Waals surface area (Å²) in [4.78, 5) is 0. The normalized spacial score (nSPS) is 11.8. The highest BCUT2D eigenvalue weighted by Gasteiger charge is 2.20. The number of benzene rings is 2. The molecule has 3 rings (SSSR count). The molecule has 0 spiro atoms. The second-order valence-electron chi connectivity index (χ2n) is 6.14. The quantitative estimate of drug-likeness (QED) is 0.401. The van der Waals surface area contributed by atoms with Gasteiger partial charge >= 0.3 is 7.60 Å². The monoisotopic (exact) mass is 412 g/mol. The highest BCUT2D eigenvalue weighted by Crippen LogP contribution is 2.50. The SMILES string of the molecule is CCOP(=O)(/C=C/c1cn(-c2ccccc2)nc1OCc1ccccc1)OCC. The van der Waals surface area contributed by atoms with E-state index in [1.165, 1.54) is 5.82 Å². The van der Waals surface area contributed by atoms with Crippen molar-refractivity contribution in [3.05, 3.63) is 83.8 Å². The molecule has 2 aromatic carbocycles. The van der Waals surface area contributed by atoms with Gasteiger partial charge in [-0.25, -0.2) is 4.68 Å². The van der Waals surface area contributed by atoms with Gasteiger partial charge in [-0.3, -0.25) is 4.57 Å². The van der Waals surface area contributed by atoms with E-state index in [0.29, 0.717) is 31.3 Å².